The van der Waals surface area contributed by atoms with Crippen molar-refractivity contribution in [1.82, 2.24) is 9.97 Å². The molecular formula is C14H16N2. The van der Waals surface area contributed by atoms with Crippen LogP contribution in [0.4, 0.5) is 0 Å². The fraction of sp³-hybridized carbons (Fsp3) is 0.143. The SMILES string of the molecule is C=Cc1nc(/C=C\C)c(C=C)nc1/C=C\C. The first-order valence-electron chi connectivity index (χ1n) is 5.19. The third kappa shape index (κ3) is 2.54. The molecule has 0 aliphatic rings. The van der Waals surface area contributed by atoms with Crippen molar-refractivity contribution in [2.24, 2.45) is 0 Å². The normalized spacial score (nSPS) is 11.1. The quantitative estimate of drug-likeness (QED) is 0.758. The maximum absolute atomic E-state index is 4.48. The van der Waals surface area contributed by atoms with Crippen LogP contribution < -0.4 is 0 Å². The standard InChI is InChI=1S/C14H16N2/c1-5-9-13-11(7-3)16-14(10-6-2)12(8-4)15-13/h5-10H,3-4H2,1-2H3/b9-5-,10-6-. The molecule has 1 rings (SSSR count). The molecule has 0 bridgehead atoms. The van der Waals surface area contributed by atoms with Gasteiger partial charge >= 0.3 is 0 Å². The van der Waals surface area contributed by atoms with E-state index in [0.717, 1.165) is 22.8 Å². The fourth-order valence-corrected chi connectivity index (χ4v) is 1.35. The molecule has 0 unspecified atom stereocenters. The van der Waals surface area contributed by atoms with Gasteiger partial charge in [-0.05, 0) is 38.2 Å². The van der Waals surface area contributed by atoms with E-state index in [9.17, 15) is 0 Å². The molecule has 0 aliphatic carbocycles. The molecule has 0 aliphatic heterocycles. The summed E-state index contributed by atoms with van der Waals surface area (Å²) in [5.41, 5.74) is 3.22. The summed E-state index contributed by atoms with van der Waals surface area (Å²) in [7, 11) is 0. The van der Waals surface area contributed by atoms with Gasteiger partial charge in [0.25, 0.3) is 0 Å². The predicted octanol–water partition coefficient (Wildman–Crippen LogP) is 3.83. The van der Waals surface area contributed by atoms with E-state index in [0.29, 0.717) is 0 Å². The van der Waals surface area contributed by atoms with Crippen LogP contribution in [-0.4, -0.2) is 9.97 Å². The summed E-state index contributed by atoms with van der Waals surface area (Å²) >= 11 is 0. The van der Waals surface area contributed by atoms with E-state index >= 15 is 0 Å². The van der Waals surface area contributed by atoms with Crippen LogP contribution >= 0.6 is 0 Å². The molecule has 1 aromatic rings. The summed E-state index contributed by atoms with van der Waals surface area (Å²) in [6.45, 7) is 11.4. The lowest BCUT2D eigenvalue weighted by Crippen LogP contribution is -1.99. The monoisotopic (exact) mass is 212 g/mol. The molecule has 0 spiro atoms. The number of rotatable bonds is 4. The largest absolute Gasteiger partial charge is 0.245 e. The van der Waals surface area contributed by atoms with Gasteiger partial charge in [-0.3, -0.25) is 0 Å². The highest BCUT2D eigenvalue weighted by atomic mass is 14.8. The Hall–Kier alpha value is -1.96. The summed E-state index contributed by atoms with van der Waals surface area (Å²) in [6, 6.07) is 0. The molecule has 1 heterocycles. The van der Waals surface area contributed by atoms with Crippen LogP contribution in [-0.2, 0) is 0 Å². The van der Waals surface area contributed by atoms with Crippen molar-refractivity contribution in [2.75, 3.05) is 0 Å². The van der Waals surface area contributed by atoms with Gasteiger partial charge in [-0.25, -0.2) is 9.97 Å². The number of hydrogen-bond acceptors (Lipinski definition) is 2. The molecule has 1 aromatic heterocycles. The van der Waals surface area contributed by atoms with E-state index in [4.69, 9.17) is 0 Å². The highest BCUT2D eigenvalue weighted by Crippen LogP contribution is 2.14. The van der Waals surface area contributed by atoms with Crippen molar-refractivity contribution < 1.29 is 0 Å². The van der Waals surface area contributed by atoms with Gasteiger partial charge in [0.05, 0.1) is 22.8 Å². The Balaban J connectivity index is 3.44. The summed E-state index contributed by atoms with van der Waals surface area (Å²) < 4.78 is 0. The molecule has 0 aromatic carbocycles. The van der Waals surface area contributed by atoms with Crippen LogP contribution in [0.3, 0.4) is 0 Å². The van der Waals surface area contributed by atoms with Gasteiger partial charge in [-0.15, -0.1) is 0 Å². The zero-order valence-electron chi connectivity index (χ0n) is 9.77. The van der Waals surface area contributed by atoms with E-state index in [-0.39, 0.29) is 0 Å². The minimum absolute atomic E-state index is 0.789. The molecule has 16 heavy (non-hydrogen) atoms. The zero-order valence-corrected chi connectivity index (χ0v) is 9.77. The molecular weight excluding hydrogens is 196 g/mol. The third-order valence-electron chi connectivity index (χ3n) is 2.04. The first-order chi connectivity index (χ1) is 7.76. The summed E-state index contributed by atoms with van der Waals surface area (Å²) in [5, 5.41) is 0. The van der Waals surface area contributed by atoms with Crippen LogP contribution in [0.2, 0.25) is 0 Å². The van der Waals surface area contributed by atoms with Crippen molar-refractivity contribution in [1.29, 1.82) is 0 Å². The minimum Gasteiger partial charge on any atom is -0.245 e. The van der Waals surface area contributed by atoms with E-state index in [1.165, 1.54) is 0 Å². The topological polar surface area (TPSA) is 25.8 Å². The maximum Gasteiger partial charge on any atom is 0.0891 e. The van der Waals surface area contributed by atoms with Crippen LogP contribution in [0, 0.1) is 0 Å². The molecule has 2 heteroatoms. The Morgan fingerprint density at radius 1 is 0.750 bits per heavy atom. The summed E-state index contributed by atoms with van der Waals surface area (Å²) in [5.74, 6) is 0. The van der Waals surface area contributed by atoms with Crippen molar-refractivity contribution in [3.8, 4) is 0 Å². The second kappa shape index (κ2) is 5.81. The van der Waals surface area contributed by atoms with Crippen molar-refractivity contribution >= 4 is 24.3 Å². The van der Waals surface area contributed by atoms with Gasteiger partial charge in [0.15, 0.2) is 0 Å². The van der Waals surface area contributed by atoms with Gasteiger partial charge in [0, 0.05) is 0 Å². The molecule has 0 N–H and O–H groups in total. The summed E-state index contributed by atoms with van der Waals surface area (Å²) in [4.78, 5) is 8.96. The maximum atomic E-state index is 4.48. The molecule has 0 fully saturated rings. The lowest BCUT2D eigenvalue weighted by Gasteiger charge is -2.05. The average molecular weight is 212 g/mol. The van der Waals surface area contributed by atoms with Gasteiger partial charge in [-0.2, -0.15) is 0 Å². The Morgan fingerprint density at radius 2 is 1.12 bits per heavy atom. The Kier molecular flexibility index (Phi) is 4.40. The third-order valence-corrected chi connectivity index (χ3v) is 2.04. The van der Waals surface area contributed by atoms with E-state index in [2.05, 4.69) is 23.1 Å². The van der Waals surface area contributed by atoms with Crippen LogP contribution in [0.1, 0.15) is 36.6 Å². The molecule has 0 saturated heterocycles. The molecule has 0 saturated carbocycles. The van der Waals surface area contributed by atoms with Crippen LogP contribution in [0.5, 0.6) is 0 Å². The average Bonchev–Trinajstić information content (AvgIpc) is 2.31. The molecule has 2 nitrogen and oxygen atoms in total. The zero-order chi connectivity index (χ0) is 12.0. The number of nitrogens with zero attached hydrogens (tertiary/aromatic N) is 2. The Morgan fingerprint density at radius 3 is 1.38 bits per heavy atom. The number of allylic oxidation sites excluding steroid dienone is 2. The fourth-order valence-electron chi connectivity index (χ4n) is 1.35. The molecule has 0 radical (unpaired) electrons. The number of aromatic nitrogens is 2. The molecule has 0 amide bonds. The minimum atomic E-state index is 0.789. The second-order valence-electron chi connectivity index (χ2n) is 3.17. The lowest BCUT2D eigenvalue weighted by atomic mass is 10.2. The van der Waals surface area contributed by atoms with E-state index in [1.807, 2.05) is 38.2 Å². The first kappa shape index (κ1) is 12.1. The highest BCUT2D eigenvalue weighted by molar-refractivity contribution is 5.65. The lowest BCUT2D eigenvalue weighted by molar-refractivity contribution is 1.12. The first-order valence-corrected chi connectivity index (χ1v) is 5.19. The van der Waals surface area contributed by atoms with Gasteiger partial charge in [0.1, 0.15) is 0 Å². The van der Waals surface area contributed by atoms with Crippen LogP contribution in [0.25, 0.3) is 24.3 Å². The predicted molar refractivity (Wildman–Crippen MR) is 71.6 cm³/mol. The Labute approximate surface area is 96.8 Å². The van der Waals surface area contributed by atoms with Gasteiger partial charge in [0.2, 0.25) is 0 Å². The highest BCUT2D eigenvalue weighted by Gasteiger charge is 2.05. The summed E-state index contributed by atoms with van der Waals surface area (Å²) in [6.07, 6.45) is 11.1. The van der Waals surface area contributed by atoms with E-state index < -0.39 is 0 Å². The van der Waals surface area contributed by atoms with Crippen molar-refractivity contribution in [3.63, 3.8) is 0 Å². The Bertz CT molecular complexity index is 410. The van der Waals surface area contributed by atoms with Crippen LogP contribution in [0.15, 0.2) is 25.3 Å². The van der Waals surface area contributed by atoms with Gasteiger partial charge in [-0.1, -0.05) is 25.3 Å². The van der Waals surface area contributed by atoms with Crippen molar-refractivity contribution in [2.45, 2.75) is 13.8 Å². The van der Waals surface area contributed by atoms with E-state index in [1.54, 1.807) is 12.2 Å². The van der Waals surface area contributed by atoms with Crippen molar-refractivity contribution in [3.05, 3.63) is 48.1 Å². The van der Waals surface area contributed by atoms with Gasteiger partial charge < -0.3 is 0 Å². The molecule has 0 atom stereocenters. The smallest absolute Gasteiger partial charge is 0.0891 e. The molecule has 82 valence electrons. The number of hydrogen-bond donors (Lipinski definition) is 0. The second-order valence-corrected chi connectivity index (χ2v) is 3.17.